The normalized spacial score (nSPS) is 29.6. The van der Waals surface area contributed by atoms with Gasteiger partial charge in [0.1, 0.15) is 10.3 Å². The minimum absolute atomic E-state index is 0.0694. The number of benzene rings is 1. The minimum Gasteiger partial charge on any atom is -0.397 e. The lowest BCUT2D eigenvalue weighted by Gasteiger charge is -2.22. The van der Waals surface area contributed by atoms with Gasteiger partial charge in [0.25, 0.3) is 0 Å². The largest absolute Gasteiger partial charge is 0.397 e. The number of hydrogen-bond acceptors (Lipinski definition) is 5. The first-order chi connectivity index (χ1) is 9.61. The first-order valence-electron chi connectivity index (χ1n) is 6.27. The summed E-state index contributed by atoms with van der Waals surface area (Å²) in [6.07, 6.45) is 6.91. The van der Waals surface area contributed by atoms with E-state index in [4.69, 9.17) is 12.2 Å². The van der Waals surface area contributed by atoms with Gasteiger partial charge in [0, 0.05) is 6.42 Å². The molecule has 1 aliphatic rings. The van der Waals surface area contributed by atoms with Crippen molar-refractivity contribution in [2.45, 2.75) is 22.6 Å². The van der Waals surface area contributed by atoms with Crippen molar-refractivity contribution in [3.8, 4) is 12.3 Å². The molecular formula is C14H15N3O2S. The van der Waals surface area contributed by atoms with Crippen molar-refractivity contribution in [1.82, 2.24) is 9.55 Å². The number of fused-ring (bicyclic) bond motifs is 1. The standard InChI is InChI=1S/C14H15N3O2S/c1-2-14(7-18)11(19)6-12(20-14)17-8-16-13-9(15)4-3-5-10(13)17/h1,3-5,8,11-12,18-19H,6-7,15H2/t11-,12+,14+/m0/s1. The summed E-state index contributed by atoms with van der Waals surface area (Å²) in [6, 6.07) is 5.60. The Kier molecular flexibility index (Phi) is 3.13. The summed E-state index contributed by atoms with van der Waals surface area (Å²) in [5.41, 5.74) is 8.16. The number of aromatic nitrogens is 2. The minimum atomic E-state index is -0.943. The molecule has 0 bridgehead atoms. The quantitative estimate of drug-likeness (QED) is 0.567. The maximum Gasteiger partial charge on any atom is 0.127 e. The number of anilines is 1. The van der Waals surface area contributed by atoms with Crippen LogP contribution in [0.15, 0.2) is 24.5 Å². The highest BCUT2D eigenvalue weighted by atomic mass is 32.2. The molecule has 0 radical (unpaired) electrons. The van der Waals surface area contributed by atoms with Crippen LogP contribution in [0.5, 0.6) is 0 Å². The third-order valence-electron chi connectivity index (χ3n) is 3.73. The molecule has 0 amide bonds. The van der Waals surface area contributed by atoms with E-state index in [1.165, 1.54) is 11.8 Å². The Bertz CT molecular complexity index is 693. The van der Waals surface area contributed by atoms with Crippen LogP contribution in [0.2, 0.25) is 0 Å². The highest BCUT2D eigenvalue weighted by molar-refractivity contribution is 8.01. The number of nitrogens with zero attached hydrogens (tertiary/aromatic N) is 2. The van der Waals surface area contributed by atoms with Gasteiger partial charge in [-0.1, -0.05) is 12.0 Å². The van der Waals surface area contributed by atoms with E-state index in [-0.39, 0.29) is 12.0 Å². The molecule has 5 nitrogen and oxygen atoms in total. The molecule has 1 aromatic carbocycles. The number of rotatable bonds is 2. The molecule has 4 N–H and O–H groups in total. The smallest absolute Gasteiger partial charge is 0.127 e. The molecule has 2 aromatic rings. The first kappa shape index (κ1) is 13.3. The molecule has 0 saturated carbocycles. The van der Waals surface area contributed by atoms with E-state index < -0.39 is 10.9 Å². The average molecular weight is 289 g/mol. The van der Waals surface area contributed by atoms with Crippen molar-refractivity contribution >= 4 is 28.5 Å². The van der Waals surface area contributed by atoms with E-state index in [1.807, 2.05) is 16.7 Å². The molecule has 2 heterocycles. The Morgan fingerprint density at radius 1 is 1.60 bits per heavy atom. The molecule has 3 atom stereocenters. The molecule has 1 fully saturated rings. The Labute approximate surface area is 120 Å². The second-order valence-electron chi connectivity index (χ2n) is 4.88. The van der Waals surface area contributed by atoms with Crippen molar-refractivity contribution in [3.05, 3.63) is 24.5 Å². The van der Waals surface area contributed by atoms with E-state index in [2.05, 4.69) is 10.9 Å². The van der Waals surface area contributed by atoms with Crippen LogP contribution in [0.1, 0.15) is 11.8 Å². The van der Waals surface area contributed by atoms with Crippen LogP contribution in [0.4, 0.5) is 5.69 Å². The second kappa shape index (κ2) is 4.70. The molecule has 6 heteroatoms. The lowest BCUT2D eigenvalue weighted by molar-refractivity contribution is 0.114. The summed E-state index contributed by atoms with van der Waals surface area (Å²) >= 11 is 1.39. The number of nitrogens with two attached hydrogens (primary N) is 1. The molecule has 3 rings (SSSR count). The Balaban J connectivity index is 2.02. The summed E-state index contributed by atoms with van der Waals surface area (Å²) in [7, 11) is 0. The maximum atomic E-state index is 10.2. The number of thioether (sulfide) groups is 1. The number of terminal acetylenes is 1. The van der Waals surface area contributed by atoms with Crippen molar-refractivity contribution in [3.63, 3.8) is 0 Å². The summed E-state index contributed by atoms with van der Waals surface area (Å²) in [6.45, 7) is -0.249. The molecule has 0 unspecified atom stereocenters. The van der Waals surface area contributed by atoms with Gasteiger partial charge >= 0.3 is 0 Å². The molecular weight excluding hydrogens is 274 g/mol. The van der Waals surface area contributed by atoms with E-state index in [1.54, 1.807) is 12.4 Å². The van der Waals surface area contributed by atoms with Gasteiger partial charge in [0.05, 0.1) is 35.6 Å². The fourth-order valence-corrected chi connectivity index (χ4v) is 3.99. The maximum absolute atomic E-state index is 10.2. The second-order valence-corrected chi connectivity index (χ2v) is 6.39. The first-order valence-corrected chi connectivity index (χ1v) is 7.15. The summed E-state index contributed by atoms with van der Waals surface area (Å²) < 4.78 is 1.01. The zero-order valence-electron chi connectivity index (χ0n) is 10.7. The molecule has 0 spiro atoms. The molecule has 1 aromatic heterocycles. The SMILES string of the molecule is C#C[C@]1(CO)S[C@@H](n2cnc3c(N)cccc32)C[C@@H]1O. The number of para-hydroxylation sites is 1. The fourth-order valence-electron chi connectivity index (χ4n) is 2.55. The van der Waals surface area contributed by atoms with Gasteiger partial charge in [-0.2, -0.15) is 0 Å². The van der Waals surface area contributed by atoms with Gasteiger partial charge in [-0.3, -0.25) is 0 Å². The van der Waals surface area contributed by atoms with Crippen LogP contribution in [0.3, 0.4) is 0 Å². The van der Waals surface area contributed by atoms with Gasteiger partial charge in [0.2, 0.25) is 0 Å². The Morgan fingerprint density at radius 3 is 3.05 bits per heavy atom. The van der Waals surface area contributed by atoms with Crippen LogP contribution >= 0.6 is 11.8 Å². The summed E-state index contributed by atoms with van der Waals surface area (Å²) in [4.78, 5) is 4.32. The zero-order valence-corrected chi connectivity index (χ0v) is 11.5. The van der Waals surface area contributed by atoms with E-state index >= 15 is 0 Å². The number of imidazole rings is 1. The van der Waals surface area contributed by atoms with Crippen LogP contribution in [0, 0.1) is 12.3 Å². The third kappa shape index (κ3) is 1.79. The highest BCUT2D eigenvalue weighted by Crippen LogP contribution is 2.49. The molecule has 0 aliphatic carbocycles. The lowest BCUT2D eigenvalue weighted by atomic mass is 10.0. The summed E-state index contributed by atoms with van der Waals surface area (Å²) in [5.74, 6) is 2.53. The monoisotopic (exact) mass is 289 g/mol. The van der Waals surface area contributed by atoms with Crippen LogP contribution in [-0.4, -0.2) is 37.2 Å². The molecule has 20 heavy (non-hydrogen) atoms. The van der Waals surface area contributed by atoms with Crippen molar-refractivity contribution in [2.75, 3.05) is 12.3 Å². The molecule has 1 aliphatic heterocycles. The number of nitrogen functional groups attached to an aromatic ring is 1. The Morgan fingerprint density at radius 2 is 2.40 bits per heavy atom. The molecule has 104 valence electrons. The average Bonchev–Trinajstić information content (AvgIpc) is 3.01. The van der Waals surface area contributed by atoms with Gasteiger partial charge in [-0.25, -0.2) is 4.98 Å². The van der Waals surface area contributed by atoms with Gasteiger partial charge in [-0.15, -0.1) is 18.2 Å². The van der Waals surface area contributed by atoms with Crippen molar-refractivity contribution in [1.29, 1.82) is 0 Å². The van der Waals surface area contributed by atoms with Crippen molar-refractivity contribution in [2.24, 2.45) is 0 Å². The van der Waals surface area contributed by atoms with Gasteiger partial charge in [0.15, 0.2) is 0 Å². The van der Waals surface area contributed by atoms with E-state index in [0.717, 1.165) is 11.0 Å². The van der Waals surface area contributed by atoms with Crippen LogP contribution in [-0.2, 0) is 0 Å². The van der Waals surface area contributed by atoms with Gasteiger partial charge < -0.3 is 20.5 Å². The number of hydrogen-bond donors (Lipinski definition) is 3. The van der Waals surface area contributed by atoms with Crippen molar-refractivity contribution < 1.29 is 10.2 Å². The van der Waals surface area contributed by atoms with Crippen LogP contribution < -0.4 is 5.73 Å². The number of aliphatic hydroxyl groups excluding tert-OH is 2. The Hall–Kier alpha value is -1.68. The number of aliphatic hydroxyl groups is 2. The topological polar surface area (TPSA) is 84.3 Å². The zero-order chi connectivity index (χ0) is 14.3. The van der Waals surface area contributed by atoms with E-state index in [9.17, 15) is 10.2 Å². The fraction of sp³-hybridized carbons (Fsp3) is 0.357. The van der Waals surface area contributed by atoms with E-state index in [0.29, 0.717) is 12.1 Å². The predicted molar refractivity (Wildman–Crippen MR) is 80.0 cm³/mol. The van der Waals surface area contributed by atoms with Crippen LogP contribution in [0.25, 0.3) is 11.0 Å². The predicted octanol–water partition coefficient (Wildman–Crippen LogP) is 0.979. The van der Waals surface area contributed by atoms with Gasteiger partial charge in [-0.05, 0) is 12.1 Å². The lowest BCUT2D eigenvalue weighted by Crippen LogP contribution is -2.36. The third-order valence-corrected chi connectivity index (χ3v) is 5.37. The highest BCUT2D eigenvalue weighted by Gasteiger charge is 2.47. The molecule has 1 saturated heterocycles. The summed E-state index contributed by atoms with van der Waals surface area (Å²) in [5, 5.41) is 19.6.